The number of rotatable bonds is 17. The van der Waals surface area contributed by atoms with Gasteiger partial charge in [0.1, 0.15) is 0 Å². The van der Waals surface area contributed by atoms with Crippen molar-refractivity contribution in [1.29, 1.82) is 0 Å². The molecule has 0 saturated carbocycles. The lowest BCUT2D eigenvalue weighted by Crippen LogP contribution is -2.29. The summed E-state index contributed by atoms with van der Waals surface area (Å²) in [4.78, 5) is 13.3. The highest BCUT2D eigenvalue weighted by atomic mass is 16.3. The van der Waals surface area contributed by atoms with Gasteiger partial charge in [0.2, 0.25) is 5.91 Å². The highest BCUT2D eigenvalue weighted by Gasteiger charge is 2.06. The van der Waals surface area contributed by atoms with Gasteiger partial charge in [-0.15, -0.1) is 0 Å². The van der Waals surface area contributed by atoms with E-state index in [4.69, 9.17) is 5.11 Å². The maximum Gasteiger partial charge on any atom is 0.222 e. The number of aliphatic hydroxyl groups is 1. The minimum Gasteiger partial charge on any atom is -0.395 e. The van der Waals surface area contributed by atoms with Gasteiger partial charge in [0.05, 0.1) is 6.61 Å². The number of allylic oxidation sites excluding steroid dienone is 2. The SMILES string of the molecule is CCCCCCCC/C=C\CCCCCCCC(=O)N(C)CCO. The molecule has 0 aromatic rings. The molecule has 0 bridgehead atoms. The lowest BCUT2D eigenvalue weighted by molar-refractivity contribution is -0.130. The number of hydrogen-bond donors (Lipinski definition) is 1. The number of unbranched alkanes of at least 4 members (excludes halogenated alkanes) is 11. The Bertz CT molecular complexity index is 302. The lowest BCUT2D eigenvalue weighted by Gasteiger charge is -2.15. The summed E-state index contributed by atoms with van der Waals surface area (Å²) in [6, 6.07) is 0. The number of carbonyl (C=O) groups is 1. The van der Waals surface area contributed by atoms with Crippen molar-refractivity contribution in [3.8, 4) is 0 Å². The summed E-state index contributed by atoms with van der Waals surface area (Å²) in [5.41, 5.74) is 0. The Kier molecular flexibility index (Phi) is 17.9. The van der Waals surface area contributed by atoms with Crippen LogP contribution >= 0.6 is 0 Å². The molecule has 0 aromatic heterocycles. The van der Waals surface area contributed by atoms with Crippen LogP contribution in [0.25, 0.3) is 0 Å². The molecular weight excluding hydrogens is 298 g/mol. The second kappa shape index (κ2) is 18.5. The van der Waals surface area contributed by atoms with Gasteiger partial charge in [-0.25, -0.2) is 0 Å². The second-order valence-corrected chi connectivity index (χ2v) is 6.87. The van der Waals surface area contributed by atoms with Crippen LogP contribution in [-0.4, -0.2) is 36.1 Å². The van der Waals surface area contributed by atoms with Gasteiger partial charge in [0.15, 0.2) is 0 Å². The third-order valence-electron chi connectivity index (χ3n) is 4.51. The first kappa shape index (κ1) is 23.2. The Balaban J connectivity index is 3.24. The minimum atomic E-state index is 0.0502. The first-order chi connectivity index (χ1) is 11.7. The highest BCUT2D eigenvalue weighted by molar-refractivity contribution is 5.75. The molecule has 24 heavy (non-hydrogen) atoms. The number of amides is 1. The molecule has 0 rings (SSSR count). The molecule has 0 aliphatic rings. The van der Waals surface area contributed by atoms with E-state index in [-0.39, 0.29) is 12.5 Å². The van der Waals surface area contributed by atoms with Gasteiger partial charge in [0.25, 0.3) is 0 Å². The van der Waals surface area contributed by atoms with Crippen LogP contribution in [0.5, 0.6) is 0 Å². The standard InChI is InChI=1S/C21H41NO2/c1-3-4-5-6-7-8-9-10-11-12-13-14-15-16-17-18-21(24)22(2)19-20-23/h10-11,23H,3-9,12-20H2,1-2H3/b11-10-. The smallest absolute Gasteiger partial charge is 0.222 e. The van der Waals surface area contributed by atoms with E-state index in [1.807, 2.05) is 0 Å². The zero-order valence-corrected chi connectivity index (χ0v) is 16.3. The first-order valence-electron chi connectivity index (χ1n) is 10.2. The fourth-order valence-electron chi connectivity index (χ4n) is 2.81. The summed E-state index contributed by atoms with van der Waals surface area (Å²) < 4.78 is 0. The molecule has 0 fully saturated rings. The summed E-state index contributed by atoms with van der Waals surface area (Å²) in [5.74, 6) is 0.154. The molecule has 0 saturated heterocycles. The molecule has 0 unspecified atom stereocenters. The van der Waals surface area contributed by atoms with Crippen LogP contribution < -0.4 is 0 Å². The number of carbonyl (C=O) groups excluding carboxylic acids is 1. The van der Waals surface area contributed by atoms with Gasteiger partial charge in [-0.1, -0.05) is 70.4 Å². The number of hydrogen-bond acceptors (Lipinski definition) is 2. The Hall–Kier alpha value is -0.830. The van der Waals surface area contributed by atoms with E-state index in [9.17, 15) is 4.79 Å². The Morgan fingerprint density at radius 2 is 1.33 bits per heavy atom. The van der Waals surface area contributed by atoms with Gasteiger partial charge in [-0.2, -0.15) is 0 Å². The first-order valence-corrected chi connectivity index (χ1v) is 10.2. The molecule has 0 aromatic carbocycles. The molecule has 3 heteroatoms. The predicted octanol–water partition coefficient (Wildman–Crippen LogP) is 5.47. The van der Waals surface area contributed by atoms with Crippen LogP contribution in [0.1, 0.15) is 96.8 Å². The summed E-state index contributed by atoms with van der Waals surface area (Å²) >= 11 is 0. The average Bonchev–Trinajstić information content (AvgIpc) is 2.58. The minimum absolute atomic E-state index is 0.0502. The molecule has 0 radical (unpaired) electrons. The van der Waals surface area contributed by atoms with E-state index in [2.05, 4.69) is 19.1 Å². The van der Waals surface area contributed by atoms with Crippen molar-refractivity contribution in [2.24, 2.45) is 0 Å². The average molecular weight is 340 g/mol. The highest BCUT2D eigenvalue weighted by Crippen LogP contribution is 2.10. The maximum absolute atomic E-state index is 11.7. The van der Waals surface area contributed by atoms with Crippen molar-refractivity contribution in [1.82, 2.24) is 4.90 Å². The van der Waals surface area contributed by atoms with Crippen molar-refractivity contribution in [2.75, 3.05) is 20.2 Å². The summed E-state index contributed by atoms with van der Waals surface area (Å²) in [6.45, 7) is 2.76. The van der Waals surface area contributed by atoms with Crippen LogP contribution in [0.3, 0.4) is 0 Å². The van der Waals surface area contributed by atoms with Gasteiger partial charge < -0.3 is 10.0 Å². The topological polar surface area (TPSA) is 40.5 Å². The Morgan fingerprint density at radius 1 is 0.833 bits per heavy atom. The van der Waals surface area contributed by atoms with Gasteiger partial charge in [-0.05, 0) is 32.1 Å². The summed E-state index contributed by atoms with van der Waals surface area (Å²) in [7, 11) is 1.76. The predicted molar refractivity (Wildman–Crippen MR) is 104 cm³/mol. The molecule has 1 N–H and O–H groups in total. The van der Waals surface area contributed by atoms with Crippen molar-refractivity contribution < 1.29 is 9.90 Å². The zero-order chi connectivity index (χ0) is 17.9. The largest absolute Gasteiger partial charge is 0.395 e. The van der Waals surface area contributed by atoms with Crippen molar-refractivity contribution in [2.45, 2.75) is 96.8 Å². The molecule has 1 amide bonds. The lowest BCUT2D eigenvalue weighted by atomic mass is 10.1. The fraction of sp³-hybridized carbons (Fsp3) is 0.857. The molecule has 0 spiro atoms. The van der Waals surface area contributed by atoms with E-state index in [0.29, 0.717) is 13.0 Å². The zero-order valence-electron chi connectivity index (χ0n) is 16.3. The number of likely N-dealkylation sites (N-methyl/N-ethyl adjacent to an activating group) is 1. The molecule has 0 heterocycles. The third-order valence-corrected chi connectivity index (χ3v) is 4.51. The van der Waals surface area contributed by atoms with E-state index in [0.717, 1.165) is 12.8 Å². The van der Waals surface area contributed by atoms with E-state index >= 15 is 0 Å². The van der Waals surface area contributed by atoms with Gasteiger partial charge in [0, 0.05) is 20.0 Å². The number of nitrogens with zero attached hydrogens (tertiary/aromatic N) is 1. The molecule has 0 aliphatic carbocycles. The normalized spacial score (nSPS) is 11.3. The van der Waals surface area contributed by atoms with Crippen molar-refractivity contribution in [3.05, 3.63) is 12.2 Å². The molecule has 142 valence electrons. The molecule has 3 nitrogen and oxygen atoms in total. The fourth-order valence-corrected chi connectivity index (χ4v) is 2.81. The van der Waals surface area contributed by atoms with Crippen molar-refractivity contribution in [3.63, 3.8) is 0 Å². The van der Waals surface area contributed by atoms with Crippen LogP contribution in [0.2, 0.25) is 0 Å². The van der Waals surface area contributed by atoms with Crippen LogP contribution in [0.4, 0.5) is 0 Å². The third kappa shape index (κ3) is 16.0. The van der Waals surface area contributed by atoms with Crippen LogP contribution in [-0.2, 0) is 4.79 Å². The molecule has 0 atom stereocenters. The maximum atomic E-state index is 11.7. The summed E-state index contributed by atoms with van der Waals surface area (Å²) in [6.07, 6.45) is 21.9. The van der Waals surface area contributed by atoms with Crippen molar-refractivity contribution >= 4 is 5.91 Å². The number of aliphatic hydroxyl groups excluding tert-OH is 1. The van der Waals surface area contributed by atoms with Crippen LogP contribution in [0.15, 0.2) is 12.2 Å². The van der Waals surface area contributed by atoms with E-state index in [1.54, 1.807) is 11.9 Å². The quantitative estimate of drug-likeness (QED) is 0.282. The van der Waals surface area contributed by atoms with E-state index < -0.39 is 0 Å². The Morgan fingerprint density at radius 3 is 1.88 bits per heavy atom. The monoisotopic (exact) mass is 339 g/mol. The van der Waals surface area contributed by atoms with Gasteiger partial charge >= 0.3 is 0 Å². The Labute approximate surface area is 150 Å². The summed E-state index contributed by atoms with van der Waals surface area (Å²) in [5, 5.41) is 8.79. The molecular formula is C21H41NO2. The van der Waals surface area contributed by atoms with Crippen LogP contribution in [0, 0.1) is 0 Å². The second-order valence-electron chi connectivity index (χ2n) is 6.87. The molecule has 0 aliphatic heterocycles. The van der Waals surface area contributed by atoms with Gasteiger partial charge in [-0.3, -0.25) is 4.79 Å². The van der Waals surface area contributed by atoms with E-state index in [1.165, 1.54) is 70.6 Å².